The van der Waals surface area contributed by atoms with Crippen LogP contribution in [0.1, 0.15) is 94.5 Å². The van der Waals surface area contributed by atoms with Gasteiger partial charge in [0.05, 0.1) is 25.7 Å². The van der Waals surface area contributed by atoms with Crippen molar-refractivity contribution in [2.75, 3.05) is 19.8 Å². The molecule has 1 atom stereocenters. The van der Waals surface area contributed by atoms with E-state index in [0.29, 0.717) is 24.5 Å². The maximum atomic E-state index is 12.8. The van der Waals surface area contributed by atoms with E-state index in [1.165, 1.54) is 19.3 Å². The van der Waals surface area contributed by atoms with E-state index in [1.54, 1.807) is 24.3 Å². The molecule has 6 nitrogen and oxygen atoms in total. The Morgan fingerprint density at radius 1 is 0.580 bits per heavy atom. The molecule has 0 aromatic heterocycles. The lowest BCUT2D eigenvalue weighted by atomic mass is 10.1. The molecule has 0 spiro atoms. The minimum Gasteiger partial charge on any atom is -0.494 e. The molecule has 0 heterocycles. The summed E-state index contributed by atoms with van der Waals surface area (Å²) in [6.07, 6.45) is 12.8. The smallest absolute Gasteiger partial charge is 0.308 e. The van der Waals surface area contributed by atoms with E-state index >= 15 is 0 Å². The van der Waals surface area contributed by atoms with Crippen molar-refractivity contribution in [1.82, 2.24) is 0 Å². The summed E-state index contributed by atoms with van der Waals surface area (Å²) in [6, 6.07) is 31.1. The third-order valence-electron chi connectivity index (χ3n) is 8.56. The summed E-state index contributed by atoms with van der Waals surface area (Å²) in [7, 11) is 0. The Labute approximate surface area is 298 Å². The molecule has 264 valence electrons. The number of rotatable bonds is 22. The minimum absolute atomic E-state index is 0.0265. The molecule has 0 saturated carbocycles. The minimum atomic E-state index is -0.103. The molecule has 4 aromatic carbocycles. The molecular formula is C44H52O6. The number of carbonyl (C=O) groups excluding carboxylic acids is 2. The lowest BCUT2D eigenvalue weighted by Crippen LogP contribution is -2.14. The number of allylic oxidation sites excluding steroid dienone is 1. The number of hydrogen-bond donors (Lipinski definition) is 0. The van der Waals surface area contributed by atoms with Crippen molar-refractivity contribution in [1.29, 1.82) is 0 Å². The Bertz CT molecular complexity index is 1590. The van der Waals surface area contributed by atoms with E-state index in [2.05, 4.69) is 19.1 Å². The van der Waals surface area contributed by atoms with Crippen LogP contribution in [0, 0.1) is 5.92 Å². The third kappa shape index (κ3) is 13.2. The highest BCUT2D eigenvalue weighted by molar-refractivity contribution is 6.06. The molecule has 1 unspecified atom stereocenters. The number of hydrogen-bond acceptors (Lipinski definition) is 6. The van der Waals surface area contributed by atoms with Crippen molar-refractivity contribution >= 4 is 17.8 Å². The average Bonchev–Trinajstić information content (AvgIpc) is 3.15. The van der Waals surface area contributed by atoms with Crippen LogP contribution in [-0.4, -0.2) is 31.6 Å². The maximum absolute atomic E-state index is 12.8. The van der Waals surface area contributed by atoms with Gasteiger partial charge < -0.3 is 18.9 Å². The number of benzene rings is 4. The van der Waals surface area contributed by atoms with E-state index < -0.39 is 0 Å². The van der Waals surface area contributed by atoms with Gasteiger partial charge in [-0.2, -0.15) is 0 Å². The summed E-state index contributed by atoms with van der Waals surface area (Å²) < 4.78 is 23.0. The van der Waals surface area contributed by atoms with Crippen LogP contribution in [0.25, 0.3) is 17.2 Å². The van der Waals surface area contributed by atoms with Gasteiger partial charge in [-0.25, -0.2) is 0 Å². The highest BCUT2D eigenvalue weighted by Gasteiger charge is 2.11. The molecule has 0 N–H and O–H groups in total. The van der Waals surface area contributed by atoms with Crippen molar-refractivity contribution in [3.63, 3.8) is 0 Å². The molecule has 0 amide bonds. The highest BCUT2D eigenvalue weighted by atomic mass is 16.5. The third-order valence-corrected chi connectivity index (χ3v) is 8.56. The Kier molecular flexibility index (Phi) is 16.2. The van der Waals surface area contributed by atoms with Crippen LogP contribution >= 0.6 is 0 Å². The Morgan fingerprint density at radius 3 is 1.60 bits per heavy atom. The number of unbranched alkanes of at least 4 members (excludes halogenated alkanes) is 6. The standard InChI is InChI=1S/C44H52O6/c1-4-6-7-10-31-48-40-24-16-36(17-25-40)37-18-26-41(27-19-37)50-42-28-20-38(21-29-42)43(45)30-15-35-13-22-39(23-14-35)47-32-11-8-9-12-33-49-44(46)34(3)5-2/h13-30,34H,4-12,31-33H2,1-3H3/b30-15+. The quantitative estimate of drug-likeness (QED) is 0.0357. The number of carbonyl (C=O) groups is 2. The van der Waals surface area contributed by atoms with Gasteiger partial charge in [0.2, 0.25) is 0 Å². The molecule has 0 saturated heterocycles. The molecule has 6 heteroatoms. The first-order chi connectivity index (χ1) is 24.4. The fourth-order valence-electron chi connectivity index (χ4n) is 5.17. The van der Waals surface area contributed by atoms with Gasteiger partial charge in [0.1, 0.15) is 23.0 Å². The van der Waals surface area contributed by atoms with E-state index in [4.69, 9.17) is 18.9 Å². The van der Waals surface area contributed by atoms with E-state index in [1.807, 2.05) is 86.6 Å². The average molecular weight is 677 g/mol. The molecule has 0 fully saturated rings. The fraction of sp³-hybridized carbons (Fsp3) is 0.364. The van der Waals surface area contributed by atoms with Crippen LogP contribution in [-0.2, 0) is 9.53 Å². The molecule has 4 rings (SSSR count). The van der Waals surface area contributed by atoms with Gasteiger partial charge in [-0.15, -0.1) is 0 Å². The molecule has 50 heavy (non-hydrogen) atoms. The highest BCUT2D eigenvalue weighted by Crippen LogP contribution is 2.28. The molecule has 0 aliphatic carbocycles. The first-order valence-electron chi connectivity index (χ1n) is 18.2. The fourth-order valence-corrected chi connectivity index (χ4v) is 5.17. The van der Waals surface area contributed by atoms with Crippen molar-refractivity contribution in [3.8, 4) is 34.1 Å². The zero-order valence-corrected chi connectivity index (χ0v) is 29.9. The summed E-state index contributed by atoms with van der Waals surface area (Å²) in [4.78, 5) is 24.5. The lowest BCUT2D eigenvalue weighted by molar-refractivity contribution is -0.148. The largest absolute Gasteiger partial charge is 0.494 e. The Hall–Kier alpha value is -4.84. The predicted molar refractivity (Wildman–Crippen MR) is 202 cm³/mol. The van der Waals surface area contributed by atoms with Crippen LogP contribution in [0.4, 0.5) is 0 Å². The van der Waals surface area contributed by atoms with E-state index in [0.717, 1.165) is 79.1 Å². The first-order valence-corrected chi connectivity index (χ1v) is 18.2. The second kappa shape index (κ2) is 21.3. The van der Waals surface area contributed by atoms with Crippen LogP contribution in [0.5, 0.6) is 23.0 Å². The summed E-state index contributed by atoms with van der Waals surface area (Å²) in [5.41, 5.74) is 3.73. The second-order valence-corrected chi connectivity index (χ2v) is 12.6. The van der Waals surface area contributed by atoms with E-state index in [9.17, 15) is 9.59 Å². The first kappa shape index (κ1) is 38.0. The van der Waals surface area contributed by atoms with Gasteiger partial charge in [0.15, 0.2) is 5.78 Å². The summed E-state index contributed by atoms with van der Waals surface area (Å²) >= 11 is 0. The predicted octanol–water partition coefficient (Wildman–Crippen LogP) is 11.5. The maximum Gasteiger partial charge on any atom is 0.308 e. The second-order valence-electron chi connectivity index (χ2n) is 12.6. The van der Waals surface area contributed by atoms with Gasteiger partial charge in [-0.1, -0.05) is 82.5 Å². The topological polar surface area (TPSA) is 71.1 Å². The molecule has 0 bridgehead atoms. The molecule has 0 aliphatic heterocycles. The van der Waals surface area contributed by atoms with E-state index in [-0.39, 0.29) is 17.7 Å². The van der Waals surface area contributed by atoms with Gasteiger partial charge >= 0.3 is 5.97 Å². The lowest BCUT2D eigenvalue weighted by Gasteiger charge is -2.09. The zero-order chi connectivity index (χ0) is 35.4. The number of ketones is 1. The summed E-state index contributed by atoms with van der Waals surface area (Å²) in [5, 5.41) is 0. The summed E-state index contributed by atoms with van der Waals surface area (Å²) in [6.45, 7) is 7.98. The summed E-state index contributed by atoms with van der Waals surface area (Å²) in [5.74, 6) is 2.88. The van der Waals surface area contributed by atoms with Crippen molar-refractivity contribution < 1.29 is 28.5 Å². The molecular weight excluding hydrogens is 624 g/mol. The Balaban J connectivity index is 1.15. The van der Waals surface area contributed by atoms with Gasteiger partial charge in [-0.3, -0.25) is 9.59 Å². The zero-order valence-electron chi connectivity index (χ0n) is 29.9. The van der Waals surface area contributed by atoms with Crippen molar-refractivity contribution in [3.05, 3.63) is 114 Å². The van der Waals surface area contributed by atoms with Crippen molar-refractivity contribution in [2.45, 2.75) is 78.6 Å². The molecule has 4 aromatic rings. The van der Waals surface area contributed by atoms with Gasteiger partial charge in [-0.05, 0) is 122 Å². The van der Waals surface area contributed by atoms with Crippen LogP contribution in [0.3, 0.4) is 0 Å². The van der Waals surface area contributed by atoms with Gasteiger partial charge in [0.25, 0.3) is 0 Å². The molecule has 0 aliphatic rings. The number of esters is 1. The monoisotopic (exact) mass is 676 g/mol. The molecule has 0 radical (unpaired) electrons. The van der Waals surface area contributed by atoms with Crippen LogP contribution in [0.2, 0.25) is 0 Å². The SMILES string of the molecule is CCCCCCOc1ccc(-c2ccc(Oc3ccc(C(=O)/C=C/c4ccc(OCCCCCCOC(=O)C(C)CC)cc4)cc3)cc2)cc1. The van der Waals surface area contributed by atoms with Crippen molar-refractivity contribution in [2.24, 2.45) is 5.92 Å². The van der Waals surface area contributed by atoms with Crippen LogP contribution in [0.15, 0.2) is 103 Å². The Morgan fingerprint density at radius 2 is 1.06 bits per heavy atom. The van der Waals surface area contributed by atoms with Gasteiger partial charge in [0, 0.05) is 5.56 Å². The van der Waals surface area contributed by atoms with Crippen LogP contribution < -0.4 is 14.2 Å². The number of ether oxygens (including phenoxy) is 4. The normalized spacial score (nSPS) is 11.7.